The normalized spacial score (nSPS) is 11.0. The van der Waals surface area contributed by atoms with Crippen molar-refractivity contribution in [3.63, 3.8) is 0 Å². The van der Waals surface area contributed by atoms with Gasteiger partial charge in [0.25, 0.3) is 0 Å². The van der Waals surface area contributed by atoms with E-state index in [4.69, 9.17) is 12.0 Å². The maximum atomic E-state index is 13.2. The van der Waals surface area contributed by atoms with Gasteiger partial charge in [-0.05, 0) is 35.7 Å². The van der Waals surface area contributed by atoms with E-state index < -0.39 is 0 Å². The van der Waals surface area contributed by atoms with Crippen molar-refractivity contribution in [3.05, 3.63) is 41.3 Å². The monoisotopic (exact) mass is 331 g/mol. The first-order valence-electron chi connectivity index (χ1n) is 7.29. The summed E-state index contributed by atoms with van der Waals surface area (Å²) in [6.07, 6.45) is 0.321. The predicted octanol–water partition coefficient (Wildman–Crippen LogP) is 3.72. The van der Waals surface area contributed by atoms with Gasteiger partial charge in [0.05, 0.1) is 26.3 Å². The topological polar surface area (TPSA) is 38.2 Å². The highest BCUT2D eigenvalue weighted by Crippen LogP contribution is 2.31. The van der Waals surface area contributed by atoms with Gasteiger partial charge >= 0.3 is 0 Å². The third kappa shape index (κ3) is 4.03. The fourth-order valence-electron chi connectivity index (χ4n) is 2.30. The van der Waals surface area contributed by atoms with Gasteiger partial charge in [-0.2, -0.15) is 0 Å². The second kappa shape index (κ2) is 7.79. The third-order valence-electron chi connectivity index (χ3n) is 3.36. The molecule has 0 spiro atoms. The van der Waals surface area contributed by atoms with Gasteiger partial charge in [0.15, 0.2) is 0 Å². The van der Waals surface area contributed by atoms with E-state index in [-0.39, 0.29) is 11.7 Å². The maximum Gasteiger partial charge on any atom is 0.237 e. The van der Waals surface area contributed by atoms with E-state index in [0.717, 1.165) is 34.7 Å². The molecule has 0 unspecified atom stereocenters. The van der Waals surface area contributed by atoms with Crippen LogP contribution in [-0.2, 0) is 10.5 Å². The van der Waals surface area contributed by atoms with Crippen LogP contribution in [0.1, 0.15) is 31.0 Å². The molecule has 23 heavy (non-hydrogen) atoms. The largest absolute Gasteiger partial charge is 0.300 e. The van der Waals surface area contributed by atoms with E-state index in [1.165, 1.54) is 12.1 Å². The van der Waals surface area contributed by atoms with Gasteiger partial charge in [0.1, 0.15) is 18.0 Å². The molecular formula is C16H19BFN3OS. The molecule has 0 bridgehead atoms. The van der Waals surface area contributed by atoms with Crippen LogP contribution in [0.15, 0.2) is 24.3 Å². The molecule has 0 aliphatic carbocycles. The quantitative estimate of drug-likeness (QED) is 0.458. The zero-order valence-corrected chi connectivity index (χ0v) is 14.5. The second-order valence-corrected chi connectivity index (χ2v) is 6.37. The number of rotatable bonds is 6. The Balaban J connectivity index is 2.64. The lowest BCUT2D eigenvalue weighted by Crippen LogP contribution is -2.15. The minimum atomic E-state index is -0.284. The molecule has 1 aromatic carbocycles. The summed E-state index contributed by atoms with van der Waals surface area (Å²) in [5.41, 5.74) is 3.31. The van der Waals surface area contributed by atoms with Gasteiger partial charge in [-0.25, -0.2) is 14.4 Å². The van der Waals surface area contributed by atoms with Crippen molar-refractivity contribution in [3.8, 4) is 11.3 Å². The van der Waals surface area contributed by atoms with Gasteiger partial charge in [-0.3, -0.25) is 8.49 Å². The van der Waals surface area contributed by atoms with Crippen LogP contribution in [0, 0.1) is 5.82 Å². The molecule has 0 saturated carbocycles. The van der Waals surface area contributed by atoms with Crippen LogP contribution >= 0.6 is 12.2 Å². The fraction of sp³-hybridized carbons (Fsp3) is 0.375. The Hall–Kier alpha value is -1.60. The maximum absolute atomic E-state index is 13.2. The molecule has 0 aliphatic heterocycles. The number of hydrogen-bond acceptors (Lipinski definition) is 5. The fourth-order valence-corrected chi connectivity index (χ4v) is 2.67. The molecule has 0 amide bonds. The number of benzene rings is 1. The number of halogens is 1. The molecule has 4 nitrogen and oxygen atoms in total. The van der Waals surface area contributed by atoms with Crippen molar-refractivity contribution in [2.75, 3.05) is 18.5 Å². The highest BCUT2D eigenvalue weighted by Gasteiger charge is 2.19. The molecule has 0 fully saturated rings. The molecule has 7 heteroatoms. The van der Waals surface area contributed by atoms with Gasteiger partial charge in [0, 0.05) is 12.6 Å². The summed E-state index contributed by atoms with van der Waals surface area (Å²) in [7, 11) is 9.35. The van der Waals surface area contributed by atoms with E-state index in [2.05, 4.69) is 23.8 Å². The van der Waals surface area contributed by atoms with E-state index in [0.29, 0.717) is 12.3 Å². The van der Waals surface area contributed by atoms with Crippen molar-refractivity contribution >= 4 is 26.0 Å². The Bertz CT molecular complexity index is 667. The molecule has 2 rings (SSSR count). The zero-order valence-electron chi connectivity index (χ0n) is 13.7. The Labute approximate surface area is 142 Å². The molecular weight excluding hydrogens is 312 g/mol. The van der Waals surface area contributed by atoms with Crippen LogP contribution in [0.25, 0.3) is 11.3 Å². The predicted molar refractivity (Wildman–Crippen MR) is 94.0 cm³/mol. The average Bonchev–Trinajstić information content (AvgIpc) is 2.54. The van der Waals surface area contributed by atoms with Crippen LogP contribution in [0.5, 0.6) is 0 Å². The minimum absolute atomic E-state index is 0.190. The molecule has 120 valence electrons. The van der Waals surface area contributed by atoms with Gasteiger partial charge in [-0.15, -0.1) is 0 Å². The summed E-state index contributed by atoms with van der Waals surface area (Å²) >= 11 is 1.14. The highest BCUT2D eigenvalue weighted by molar-refractivity contribution is 7.96. The van der Waals surface area contributed by atoms with Crippen LogP contribution in [-0.4, -0.2) is 32.0 Å². The summed E-state index contributed by atoms with van der Waals surface area (Å²) in [4.78, 5) is 9.24. The molecule has 0 saturated heterocycles. The van der Waals surface area contributed by atoms with Crippen LogP contribution in [0.4, 0.5) is 10.3 Å². The molecule has 0 aliphatic rings. The Morgan fingerprint density at radius 2 is 1.91 bits per heavy atom. The average molecular weight is 331 g/mol. The molecule has 2 radical (unpaired) electrons. The van der Waals surface area contributed by atoms with Crippen LogP contribution in [0.2, 0.25) is 0 Å². The second-order valence-electron chi connectivity index (χ2n) is 5.34. The van der Waals surface area contributed by atoms with Crippen molar-refractivity contribution in [2.45, 2.75) is 26.1 Å². The van der Waals surface area contributed by atoms with Crippen molar-refractivity contribution in [1.82, 2.24) is 9.97 Å². The molecule has 1 aromatic heterocycles. The van der Waals surface area contributed by atoms with Crippen molar-refractivity contribution in [1.29, 1.82) is 0 Å². The lowest BCUT2D eigenvalue weighted by Gasteiger charge is -2.20. The first-order chi connectivity index (χ1) is 11.0. The van der Waals surface area contributed by atoms with E-state index in [9.17, 15) is 4.39 Å². The van der Waals surface area contributed by atoms with Crippen molar-refractivity contribution in [2.24, 2.45) is 0 Å². The summed E-state index contributed by atoms with van der Waals surface area (Å²) < 4.78 is 20.0. The van der Waals surface area contributed by atoms with Gasteiger partial charge in [-0.1, -0.05) is 20.2 Å². The number of anilines is 1. The third-order valence-corrected chi connectivity index (χ3v) is 3.90. The molecule has 2 aromatic rings. The first kappa shape index (κ1) is 17.8. The summed E-state index contributed by atoms with van der Waals surface area (Å²) in [6, 6.07) is 6.24. The minimum Gasteiger partial charge on any atom is -0.300 e. The Morgan fingerprint density at radius 1 is 1.26 bits per heavy atom. The summed E-state index contributed by atoms with van der Waals surface area (Å²) in [5, 5.41) is 0. The zero-order chi connectivity index (χ0) is 17.0. The van der Waals surface area contributed by atoms with Gasteiger partial charge in [0.2, 0.25) is 5.95 Å². The Kier molecular flexibility index (Phi) is 6.01. The smallest absolute Gasteiger partial charge is 0.237 e. The number of aromatic nitrogens is 2. The standard InChI is InChI=1S/C16H19BFN3OS/c1-10(2)14-13(9-17)15(11-5-7-12(18)8-6-11)20-16(19-14)21(3)23-22-4/h5-8,10H,9H2,1-4H3. The molecule has 1 heterocycles. The first-order valence-corrected chi connectivity index (χ1v) is 7.99. The number of hydrogen-bond donors (Lipinski definition) is 0. The van der Waals surface area contributed by atoms with Crippen LogP contribution < -0.4 is 4.31 Å². The van der Waals surface area contributed by atoms with Gasteiger partial charge < -0.3 is 0 Å². The van der Waals surface area contributed by atoms with E-state index in [1.807, 2.05) is 7.05 Å². The molecule has 0 atom stereocenters. The van der Waals surface area contributed by atoms with E-state index >= 15 is 0 Å². The SMILES string of the molecule is [B]Cc1c(-c2ccc(F)cc2)nc(N(C)SOC)nc1C(C)C. The van der Waals surface area contributed by atoms with E-state index in [1.54, 1.807) is 23.5 Å². The lowest BCUT2D eigenvalue weighted by atomic mass is 9.88. The van der Waals surface area contributed by atoms with Crippen molar-refractivity contribution < 1.29 is 8.57 Å². The molecule has 0 N–H and O–H groups in total. The summed E-state index contributed by atoms with van der Waals surface area (Å²) in [6.45, 7) is 4.12. The number of nitrogens with zero attached hydrogens (tertiary/aromatic N) is 3. The lowest BCUT2D eigenvalue weighted by molar-refractivity contribution is 0.488. The Morgan fingerprint density at radius 3 is 2.43 bits per heavy atom. The summed E-state index contributed by atoms with van der Waals surface area (Å²) in [5.74, 6) is 0.431. The highest BCUT2D eigenvalue weighted by atomic mass is 32.2. The van der Waals surface area contributed by atoms with Crippen LogP contribution in [0.3, 0.4) is 0 Å².